The van der Waals surface area contributed by atoms with Crippen LogP contribution in [0.5, 0.6) is 5.75 Å². The van der Waals surface area contributed by atoms with Gasteiger partial charge < -0.3 is 25.4 Å². The van der Waals surface area contributed by atoms with E-state index in [9.17, 15) is 14.4 Å². The first kappa shape index (κ1) is 23.3. The van der Waals surface area contributed by atoms with Crippen molar-refractivity contribution in [2.45, 2.75) is 45.6 Å². The zero-order chi connectivity index (χ0) is 21.0. The third-order valence-electron chi connectivity index (χ3n) is 3.56. The number of hydrogen-bond acceptors (Lipinski definition) is 5. The van der Waals surface area contributed by atoms with Gasteiger partial charge in [-0.1, -0.05) is 18.2 Å². The molecule has 0 aliphatic rings. The van der Waals surface area contributed by atoms with E-state index < -0.39 is 11.7 Å². The lowest BCUT2D eigenvalue weighted by molar-refractivity contribution is -0.121. The van der Waals surface area contributed by atoms with Crippen LogP contribution in [-0.4, -0.2) is 50.3 Å². The minimum Gasteiger partial charge on any atom is -0.496 e. The number of alkyl carbamates (subject to hydrolysis) is 1. The lowest BCUT2D eigenvalue weighted by Gasteiger charge is -2.19. The topological polar surface area (TPSA) is 106 Å². The Balaban J connectivity index is 2.11. The molecule has 0 aliphatic heterocycles. The van der Waals surface area contributed by atoms with E-state index in [1.807, 2.05) is 24.3 Å². The van der Waals surface area contributed by atoms with Crippen molar-refractivity contribution < 1.29 is 23.9 Å². The molecule has 0 spiro atoms. The van der Waals surface area contributed by atoms with Crippen molar-refractivity contribution >= 4 is 17.9 Å². The quantitative estimate of drug-likeness (QED) is 0.526. The van der Waals surface area contributed by atoms with Gasteiger partial charge in [0.2, 0.25) is 11.8 Å². The van der Waals surface area contributed by atoms with E-state index in [1.165, 1.54) is 0 Å². The summed E-state index contributed by atoms with van der Waals surface area (Å²) in [4.78, 5) is 35.2. The van der Waals surface area contributed by atoms with E-state index in [0.29, 0.717) is 25.3 Å². The Morgan fingerprint density at radius 1 is 0.929 bits per heavy atom. The van der Waals surface area contributed by atoms with Crippen molar-refractivity contribution in [1.82, 2.24) is 16.0 Å². The molecule has 8 nitrogen and oxygen atoms in total. The second kappa shape index (κ2) is 11.8. The highest BCUT2D eigenvalue weighted by Crippen LogP contribution is 2.17. The summed E-state index contributed by atoms with van der Waals surface area (Å²) < 4.78 is 10.3. The SMILES string of the molecule is COc1ccccc1CC(=O)NCCCNC(=O)CCNC(=O)OC(C)(C)C. The number of carbonyl (C=O) groups excluding carboxylic acids is 3. The van der Waals surface area contributed by atoms with Crippen LogP contribution in [0.1, 0.15) is 39.2 Å². The number of nitrogens with one attached hydrogen (secondary N) is 3. The first-order valence-corrected chi connectivity index (χ1v) is 9.33. The lowest BCUT2D eigenvalue weighted by atomic mass is 10.1. The van der Waals surface area contributed by atoms with Gasteiger partial charge in [-0.15, -0.1) is 0 Å². The minimum atomic E-state index is -0.567. The number of para-hydroxylation sites is 1. The van der Waals surface area contributed by atoms with Gasteiger partial charge in [0.25, 0.3) is 0 Å². The molecule has 0 radical (unpaired) electrons. The molecule has 156 valence electrons. The molecule has 1 aromatic rings. The second-order valence-corrected chi connectivity index (χ2v) is 7.22. The van der Waals surface area contributed by atoms with Crippen molar-refractivity contribution in [2.24, 2.45) is 0 Å². The highest BCUT2D eigenvalue weighted by Gasteiger charge is 2.15. The van der Waals surface area contributed by atoms with Gasteiger partial charge >= 0.3 is 6.09 Å². The molecular formula is C20H31N3O5. The summed E-state index contributed by atoms with van der Waals surface area (Å²) in [6, 6.07) is 7.38. The molecule has 1 aromatic carbocycles. The fourth-order valence-corrected chi connectivity index (χ4v) is 2.31. The molecule has 3 N–H and O–H groups in total. The van der Waals surface area contributed by atoms with Crippen LogP contribution in [0.3, 0.4) is 0 Å². The van der Waals surface area contributed by atoms with Crippen LogP contribution in [-0.2, 0) is 20.7 Å². The maximum atomic E-state index is 12.0. The Labute approximate surface area is 166 Å². The van der Waals surface area contributed by atoms with Crippen LogP contribution >= 0.6 is 0 Å². The molecule has 8 heteroatoms. The predicted octanol–water partition coefficient (Wildman–Crippen LogP) is 1.77. The maximum absolute atomic E-state index is 12.0. The molecule has 0 aliphatic carbocycles. The first-order valence-electron chi connectivity index (χ1n) is 9.33. The Morgan fingerprint density at radius 3 is 2.21 bits per heavy atom. The molecule has 0 atom stereocenters. The number of methoxy groups -OCH3 is 1. The van der Waals surface area contributed by atoms with Crippen LogP contribution in [0.2, 0.25) is 0 Å². The molecule has 0 heterocycles. The third-order valence-corrected chi connectivity index (χ3v) is 3.56. The average Bonchev–Trinajstić information content (AvgIpc) is 2.60. The van der Waals surface area contributed by atoms with E-state index in [2.05, 4.69) is 16.0 Å². The van der Waals surface area contributed by atoms with Crippen LogP contribution in [0.4, 0.5) is 4.79 Å². The zero-order valence-corrected chi connectivity index (χ0v) is 17.1. The fourth-order valence-electron chi connectivity index (χ4n) is 2.31. The number of hydrogen-bond donors (Lipinski definition) is 3. The molecule has 0 fully saturated rings. The number of rotatable bonds is 10. The Bertz CT molecular complexity index is 655. The Hall–Kier alpha value is -2.77. The van der Waals surface area contributed by atoms with E-state index >= 15 is 0 Å². The number of ether oxygens (including phenoxy) is 2. The van der Waals surface area contributed by atoms with E-state index in [1.54, 1.807) is 27.9 Å². The molecule has 0 saturated carbocycles. The molecule has 28 heavy (non-hydrogen) atoms. The monoisotopic (exact) mass is 393 g/mol. The fraction of sp³-hybridized carbons (Fsp3) is 0.550. The van der Waals surface area contributed by atoms with Gasteiger partial charge in [-0.05, 0) is 33.3 Å². The van der Waals surface area contributed by atoms with Gasteiger partial charge in [-0.2, -0.15) is 0 Å². The van der Waals surface area contributed by atoms with E-state index in [4.69, 9.17) is 9.47 Å². The second-order valence-electron chi connectivity index (χ2n) is 7.22. The van der Waals surface area contributed by atoms with Crippen molar-refractivity contribution in [3.05, 3.63) is 29.8 Å². The van der Waals surface area contributed by atoms with Gasteiger partial charge in [0, 0.05) is 31.6 Å². The summed E-state index contributed by atoms with van der Waals surface area (Å²) in [6.45, 7) is 6.43. The molecule has 0 saturated heterocycles. The van der Waals surface area contributed by atoms with Gasteiger partial charge in [0.05, 0.1) is 13.5 Å². The van der Waals surface area contributed by atoms with Crippen molar-refractivity contribution in [3.63, 3.8) is 0 Å². The molecule has 0 unspecified atom stereocenters. The normalized spacial score (nSPS) is 10.7. The standard InChI is InChI=1S/C20H31N3O5/c1-20(2,3)28-19(26)23-13-10-17(24)21-11-7-12-22-18(25)14-15-8-5-6-9-16(15)27-4/h5-6,8-9H,7,10-14H2,1-4H3,(H,21,24)(H,22,25)(H,23,26). The summed E-state index contributed by atoms with van der Waals surface area (Å²) in [5.41, 5.74) is 0.260. The van der Waals surface area contributed by atoms with Gasteiger partial charge in [-0.25, -0.2) is 4.79 Å². The Morgan fingerprint density at radius 2 is 1.57 bits per heavy atom. The number of carbonyl (C=O) groups is 3. The van der Waals surface area contributed by atoms with Crippen LogP contribution in [0.15, 0.2) is 24.3 Å². The zero-order valence-electron chi connectivity index (χ0n) is 17.1. The smallest absolute Gasteiger partial charge is 0.407 e. The summed E-state index contributed by atoms with van der Waals surface area (Å²) in [6.07, 6.45) is 0.479. The summed E-state index contributed by atoms with van der Waals surface area (Å²) in [5, 5.41) is 8.09. The predicted molar refractivity (Wildman–Crippen MR) is 106 cm³/mol. The molecule has 1 rings (SSSR count). The number of amides is 3. The Kier molecular flexibility index (Phi) is 9.84. The minimum absolute atomic E-state index is 0.0996. The highest BCUT2D eigenvalue weighted by atomic mass is 16.6. The molecular weight excluding hydrogens is 362 g/mol. The van der Waals surface area contributed by atoms with Crippen molar-refractivity contribution in [2.75, 3.05) is 26.7 Å². The molecule has 3 amide bonds. The number of benzene rings is 1. The van der Waals surface area contributed by atoms with Gasteiger partial charge in [-0.3, -0.25) is 9.59 Å². The maximum Gasteiger partial charge on any atom is 0.407 e. The van der Waals surface area contributed by atoms with Gasteiger partial charge in [0.15, 0.2) is 0 Å². The summed E-state index contributed by atoms with van der Waals surface area (Å²) in [7, 11) is 1.57. The molecule has 0 aromatic heterocycles. The van der Waals surface area contributed by atoms with Gasteiger partial charge in [0.1, 0.15) is 11.4 Å². The van der Waals surface area contributed by atoms with Crippen LogP contribution in [0, 0.1) is 0 Å². The first-order chi connectivity index (χ1) is 13.2. The molecule has 0 bridgehead atoms. The highest BCUT2D eigenvalue weighted by molar-refractivity contribution is 5.79. The van der Waals surface area contributed by atoms with Crippen molar-refractivity contribution in [1.29, 1.82) is 0 Å². The summed E-state index contributed by atoms with van der Waals surface area (Å²) >= 11 is 0. The third kappa shape index (κ3) is 10.4. The lowest BCUT2D eigenvalue weighted by Crippen LogP contribution is -2.35. The average molecular weight is 393 g/mol. The van der Waals surface area contributed by atoms with Crippen molar-refractivity contribution in [3.8, 4) is 5.75 Å². The summed E-state index contributed by atoms with van der Waals surface area (Å²) in [5.74, 6) is 0.415. The van der Waals surface area contributed by atoms with Crippen LogP contribution in [0.25, 0.3) is 0 Å². The largest absolute Gasteiger partial charge is 0.496 e. The van der Waals surface area contributed by atoms with E-state index in [0.717, 1.165) is 5.56 Å². The van der Waals surface area contributed by atoms with E-state index in [-0.39, 0.29) is 31.2 Å². The van der Waals surface area contributed by atoms with Crippen LogP contribution < -0.4 is 20.7 Å².